The van der Waals surface area contributed by atoms with Gasteiger partial charge in [0.1, 0.15) is 64.5 Å². The van der Waals surface area contributed by atoms with Crippen molar-refractivity contribution in [2.45, 2.75) is 114 Å². The Bertz CT molecular complexity index is 5010. The van der Waals surface area contributed by atoms with Crippen molar-refractivity contribution in [2.75, 3.05) is 44.4 Å². The van der Waals surface area contributed by atoms with Crippen LogP contribution < -0.4 is 41.6 Å². The summed E-state index contributed by atoms with van der Waals surface area (Å²) in [6, 6.07) is 26.8. The molecule has 0 spiro atoms. The van der Waals surface area contributed by atoms with Gasteiger partial charge in [-0.2, -0.15) is 44.1 Å². The number of oxime groups is 2. The molecule has 12 aromatic rings. The molecule has 0 aliphatic carbocycles. The van der Waals surface area contributed by atoms with Gasteiger partial charge in [0, 0.05) is 107 Å². The molecule has 0 aliphatic heterocycles. The van der Waals surface area contributed by atoms with E-state index in [1.165, 1.54) is 14.0 Å². The Morgan fingerprint density at radius 2 is 0.816 bits per heavy atom. The first kappa shape index (κ1) is 74.3. The highest BCUT2D eigenvalue weighted by Gasteiger charge is 2.27. The largest absolute Gasteiger partial charge is 0.496 e. The zero-order valence-electron chi connectivity index (χ0n) is 59.9. The molecule has 0 bridgehead atoms. The lowest BCUT2D eigenvalue weighted by molar-refractivity contribution is -0.145. The topological polar surface area (TPSA) is 395 Å². The SMILES string of the molecule is C/C(N)=N/O.CC[C@H](Nc1cc(C)nc2c(-c3ccc(-n4cccn4)cc3OC)c(C)nn12)C(=O)O.CC[C@H](Nc1cc(C)nc2c(-c3ccc(-n4cccn4)cc3OC)c(C)nn12)C(=O)O/N=C(\C)N.CC[C@H](Nc1cc(C)nc2c(-c3ccc(-n4cccn4)cc3OC)c(C)nn12)C(=O)OC. The number of fused-ring (bicyclic) bond motifs is 3. The van der Waals surface area contributed by atoms with Gasteiger partial charge in [-0.25, -0.2) is 43.4 Å². The highest BCUT2D eigenvalue weighted by atomic mass is 16.7. The van der Waals surface area contributed by atoms with E-state index in [1.807, 2.05) is 166 Å². The van der Waals surface area contributed by atoms with Crippen molar-refractivity contribution in [1.29, 1.82) is 0 Å². The minimum absolute atomic E-state index is 0.162. The van der Waals surface area contributed by atoms with E-state index in [2.05, 4.69) is 46.7 Å². The van der Waals surface area contributed by atoms with Crippen LogP contribution in [0.2, 0.25) is 0 Å². The quantitative estimate of drug-likeness (QED) is 0.00828. The van der Waals surface area contributed by atoms with Gasteiger partial charge in [0.05, 0.1) is 79.3 Å². The molecular formula is C71H84N22O10. The number of aliphatic carboxylic acids is 1. The van der Waals surface area contributed by atoms with Crippen LogP contribution in [0.1, 0.15) is 88.0 Å². The van der Waals surface area contributed by atoms with E-state index < -0.39 is 30.1 Å². The first-order valence-electron chi connectivity index (χ1n) is 32.7. The number of methoxy groups -OCH3 is 4. The Kier molecular flexibility index (Phi) is 24.0. The maximum atomic E-state index is 12.5. The highest BCUT2D eigenvalue weighted by molar-refractivity contribution is 5.89. The number of ether oxygens (including phenoxy) is 4. The molecule has 12 rings (SSSR count). The molecule has 0 unspecified atom stereocenters. The van der Waals surface area contributed by atoms with Gasteiger partial charge < -0.3 is 61.5 Å². The molecule has 103 heavy (non-hydrogen) atoms. The number of carboxylic acid groups (broad SMARTS) is 1. The predicted octanol–water partition coefficient (Wildman–Crippen LogP) is 10.0. The summed E-state index contributed by atoms with van der Waals surface area (Å²) in [5, 5.41) is 59.7. The number of aromatic nitrogens is 15. The van der Waals surface area contributed by atoms with Gasteiger partial charge >= 0.3 is 17.9 Å². The second kappa shape index (κ2) is 33.3. The number of anilines is 3. The minimum Gasteiger partial charge on any atom is -0.496 e. The van der Waals surface area contributed by atoms with Crippen LogP contribution in [0.15, 0.2) is 138 Å². The Morgan fingerprint density at radius 3 is 1.08 bits per heavy atom. The predicted molar refractivity (Wildman–Crippen MR) is 390 cm³/mol. The molecule has 32 nitrogen and oxygen atoms in total. The molecular weight excluding hydrogens is 1320 g/mol. The van der Waals surface area contributed by atoms with Gasteiger partial charge in [-0.05, 0) is 129 Å². The monoisotopic (exact) mass is 1400 g/mol. The van der Waals surface area contributed by atoms with E-state index in [-0.39, 0.29) is 17.6 Å². The summed E-state index contributed by atoms with van der Waals surface area (Å²) in [4.78, 5) is 55.3. The number of amidine groups is 2. The lowest BCUT2D eigenvalue weighted by atomic mass is 10.0. The van der Waals surface area contributed by atoms with Crippen LogP contribution in [0, 0.1) is 41.5 Å². The van der Waals surface area contributed by atoms with E-state index in [1.54, 1.807) is 80.5 Å². The van der Waals surface area contributed by atoms with Crippen molar-refractivity contribution >= 4 is 64.0 Å². The van der Waals surface area contributed by atoms with Crippen LogP contribution in [0.4, 0.5) is 17.5 Å². The van der Waals surface area contributed by atoms with E-state index in [0.29, 0.717) is 70.9 Å². The fourth-order valence-electron chi connectivity index (χ4n) is 11.2. The van der Waals surface area contributed by atoms with Crippen LogP contribution in [0.3, 0.4) is 0 Å². The minimum atomic E-state index is -0.912. The van der Waals surface area contributed by atoms with Gasteiger partial charge in [-0.1, -0.05) is 31.1 Å². The van der Waals surface area contributed by atoms with E-state index in [4.69, 9.17) is 65.6 Å². The molecule has 0 radical (unpaired) electrons. The average Bonchev–Trinajstić information content (AvgIpc) is 1.64. The van der Waals surface area contributed by atoms with Gasteiger partial charge in [0.2, 0.25) is 0 Å². The molecule has 9 heterocycles. The Labute approximate surface area is 592 Å². The molecule has 538 valence electrons. The van der Waals surface area contributed by atoms with Crippen molar-refractivity contribution in [2.24, 2.45) is 21.8 Å². The van der Waals surface area contributed by atoms with Crippen LogP contribution in [-0.4, -0.2) is 160 Å². The third-order valence-corrected chi connectivity index (χ3v) is 16.0. The molecule has 3 atom stereocenters. The number of rotatable bonds is 22. The summed E-state index contributed by atoms with van der Waals surface area (Å²) in [5.41, 5.74) is 24.6. The Hall–Kier alpha value is -12.9. The third kappa shape index (κ3) is 16.9. The van der Waals surface area contributed by atoms with E-state index in [0.717, 1.165) is 84.6 Å². The van der Waals surface area contributed by atoms with Crippen molar-refractivity contribution in [1.82, 2.24) is 73.1 Å². The molecule has 0 aliphatic rings. The Morgan fingerprint density at radius 1 is 0.495 bits per heavy atom. The Balaban J connectivity index is 0.000000174. The molecule has 0 fully saturated rings. The van der Waals surface area contributed by atoms with E-state index >= 15 is 0 Å². The lowest BCUT2D eigenvalue weighted by Crippen LogP contribution is -2.31. The third-order valence-electron chi connectivity index (χ3n) is 16.0. The van der Waals surface area contributed by atoms with Crippen molar-refractivity contribution in [3.8, 4) is 67.7 Å². The number of esters is 1. The molecule has 9 aromatic heterocycles. The number of hydrogen-bond acceptors (Lipinski definition) is 23. The maximum absolute atomic E-state index is 12.5. The average molecular weight is 1410 g/mol. The standard InChI is InChI=1S/C24H28N8O3.C23H26N6O3.C22H24N6O3.C2H6N2O/c1-6-19(24(33)35-30-16(4)25)28-21-12-14(2)27-23-22(15(3)29-32(21)23)18-9-8-17(13-20(18)34-5)31-11-7-10-26-31;1-6-18(23(30)32-5)26-20-12-14(2)25-22-21(15(3)27-29(20)22)17-9-8-16(13-19(17)31-4)28-11-7-10-24-28;1-5-17(22(29)30)25-19-11-13(2)24-21-20(14(3)26-28(19)21)16-8-7-15(12-18(16)31-4)27-10-6-9-23-27;1-2(3)4-5/h7-13,19,28H,6H2,1-5H3,(H2,25,30);7-13,18,26H,6H2,1-5H3;6-12,17,25H,5H2,1-4H3,(H,29,30);5H,1H3,(H2,3,4)/t19-;18-;17-;/m000./s1. The van der Waals surface area contributed by atoms with Gasteiger partial charge in [0.25, 0.3) is 0 Å². The van der Waals surface area contributed by atoms with E-state index in [9.17, 15) is 19.5 Å². The first-order valence-corrected chi connectivity index (χ1v) is 32.7. The molecule has 0 saturated heterocycles. The highest BCUT2D eigenvalue weighted by Crippen LogP contribution is 2.40. The lowest BCUT2D eigenvalue weighted by Gasteiger charge is -2.17. The molecule has 3 aromatic carbocycles. The van der Waals surface area contributed by atoms with Crippen molar-refractivity contribution in [3.63, 3.8) is 0 Å². The van der Waals surface area contributed by atoms with Gasteiger partial charge in [-0.15, -0.1) is 0 Å². The number of carbonyl (C=O) groups is 3. The summed E-state index contributed by atoms with van der Waals surface area (Å²) in [6.45, 7) is 20.1. The number of aryl methyl sites for hydroxylation is 6. The number of nitrogens with zero attached hydrogens (tertiary/aromatic N) is 17. The summed E-state index contributed by atoms with van der Waals surface area (Å²) < 4.78 is 32.4. The first-order chi connectivity index (χ1) is 49.5. The number of carboxylic acids is 1. The summed E-state index contributed by atoms with van der Waals surface area (Å²) in [6.07, 6.45) is 12.3. The fraction of sp³-hybridized carbons (Fsp3) is 0.296. The van der Waals surface area contributed by atoms with Crippen LogP contribution >= 0.6 is 0 Å². The second-order valence-electron chi connectivity index (χ2n) is 23.5. The number of nitrogens with one attached hydrogen (secondary N) is 3. The molecule has 0 saturated carbocycles. The molecule has 9 N–H and O–H groups in total. The second-order valence-corrected chi connectivity index (χ2v) is 23.5. The molecule has 0 amide bonds. The number of hydrogen-bond donors (Lipinski definition) is 7. The summed E-state index contributed by atoms with van der Waals surface area (Å²) >= 11 is 0. The zero-order chi connectivity index (χ0) is 74.3. The normalized spacial score (nSPS) is 12.2. The number of nitrogens with two attached hydrogens (primary N) is 2. The van der Waals surface area contributed by atoms with Crippen molar-refractivity contribution < 1.29 is 48.5 Å². The number of carbonyl (C=O) groups excluding carboxylic acids is 2. The summed E-state index contributed by atoms with van der Waals surface area (Å²) in [5.74, 6) is 2.45. The zero-order valence-corrected chi connectivity index (χ0v) is 59.9. The van der Waals surface area contributed by atoms with Crippen molar-refractivity contribution in [3.05, 3.63) is 162 Å². The van der Waals surface area contributed by atoms with Crippen LogP contribution in [0.5, 0.6) is 17.2 Å². The van der Waals surface area contributed by atoms with Crippen LogP contribution in [-0.2, 0) is 24.0 Å². The maximum Gasteiger partial charge on any atom is 0.357 e. The summed E-state index contributed by atoms with van der Waals surface area (Å²) in [7, 11) is 6.27. The van der Waals surface area contributed by atoms with Gasteiger partial charge in [-0.3, -0.25) is 0 Å². The molecule has 32 heteroatoms. The number of benzene rings is 3. The fourth-order valence-corrected chi connectivity index (χ4v) is 11.2. The van der Waals surface area contributed by atoms with Crippen LogP contribution in [0.25, 0.3) is 67.4 Å². The van der Waals surface area contributed by atoms with Gasteiger partial charge in [0.15, 0.2) is 16.9 Å². The smallest absolute Gasteiger partial charge is 0.357 e.